The van der Waals surface area contributed by atoms with Crippen LogP contribution in [-0.4, -0.2) is 5.11 Å². The summed E-state index contributed by atoms with van der Waals surface area (Å²) in [5.74, 6) is 0.687. The molecule has 1 N–H and O–H groups in total. The number of hydrogen-bond acceptors (Lipinski definition) is 1. The average Bonchev–Trinajstić information content (AvgIpc) is 2.43. The second-order valence-electron chi connectivity index (χ2n) is 4.84. The largest absolute Gasteiger partial charge is 0.508 e. The molecule has 0 bridgehead atoms. The normalized spacial score (nSPS) is 12.3. The molecular formula is C17H19ClO. The Morgan fingerprint density at radius 1 is 0.947 bits per heavy atom. The molecule has 2 aromatic rings. The molecule has 0 fully saturated rings. The van der Waals surface area contributed by atoms with Crippen LogP contribution < -0.4 is 0 Å². The van der Waals surface area contributed by atoms with E-state index in [1.54, 1.807) is 12.1 Å². The zero-order chi connectivity index (χ0) is 13.7. The highest BCUT2D eigenvalue weighted by molar-refractivity contribution is 6.30. The molecule has 0 radical (unpaired) electrons. The minimum atomic E-state index is 0.314. The van der Waals surface area contributed by atoms with Gasteiger partial charge >= 0.3 is 0 Å². The van der Waals surface area contributed by atoms with Crippen LogP contribution >= 0.6 is 11.6 Å². The lowest BCUT2D eigenvalue weighted by Gasteiger charge is -2.18. The maximum atomic E-state index is 9.40. The van der Waals surface area contributed by atoms with Gasteiger partial charge < -0.3 is 5.11 Å². The maximum Gasteiger partial charge on any atom is 0.115 e. The van der Waals surface area contributed by atoms with E-state index in [0.29, 0.717) is 11.7 Å². The van der Waals surface area contributed by atoms with Gasteiger partial charge in [-0.2, -0.15) is 0 Å². The lowest BCUT2D eigenvalue weighted by molar-refractivity contribution is 0.475. The summed E-state index contributed by atoms with van der Waals surface area (Å²) >= 11 is 5.95. The van der Waals surface area contributed by atoms with Crippen LogP contribution in [0.4, 0.5) is 0 Å². The smallest absolute Gasteiger partial charge is 0.115 e. The second kappa shape index (κ2) is 6.63. The number of phenols is 1. The van der Waals surface area contributed by atoms with Crippen molar-refractivity contribution in [1.29, 1.82) is 0 Å². The van der Waals surface area contributed by atoms with Gasteiger partial charge in [-0.3, -0.25) is 0 Å². The molecule has 1 atom stereocenters. The van der Waals surface area contributed by atoms with E-state index in [0.717, 1.165) is 11.4 Å². The van der Waals surface area contributed by atoms with Crippen molar-refractivity contribution in [3.63, 3.8) is 0 Å². The summed E-state index contributed by atoms with van der Waals surface area (Å²) < 4.78 is 0. The van der Waals surface area contributed by atoms with Crippen LogP contribution in [0.25, 0.3) is 0 Å². The Labute approximate surface area is 119 Å². The first-order valence-electron chi connectivity index (χ1n) is 6.75. The molecule has 0 aliphatic heterocycles. The fourth-order valence-electron chi connectivity index (χ4n) is 2.34. The van der Waals surface area contributed by atoms with Gasteiger partial charge in [0.25, 0.3) is 0 Å². The van der Waals surface area contributed by atoms with E-state index in [1.807, 2.05) is 24.3 Å². The summed E-state index contributed by atoms with van der Waals surface area (Å²) in [6, 6.07) is 15.6. The third-order valence-corrected chi connectivity index (χ3v) is 3.67. The number of unbranched alkanes of at least 4 members (excludes halogenated alkanes) is 1. The van der Waals surface area contributed by atoms with Crippen LogP contribution in [0.1, 0.15) is 43.2 Å². The first kappa shape index (κ1) is 14.0. The molecule has 0 aliphatic rings. The van der Waals surface area contributed by atoms with Crippen molar-refractivity contribution in [1.82, 2.24) is 0 Å². The Bertz CT molecular complexity index is 456. The Morgan fingerprint density at radius 2 is 1.47 bits per heavy atom. The van der Waals surface area contributed by atoms with Crippen LogP contribution in [0.15, 0.2) is 48.5 Å². The highest BCUT2D eigenvalue weighted by Gasteiger charge is 2.13. The summed E-state index contributed by atoms with van der Waals surface area (Å²) in [6.07, 6.45) is 3.49. The molecule has 100 valence electrons. The molecular weight excluding hydrogens is 256 g/mol. The fourth-order valence-corrected chi connectivity index (χ4v) is 2.46. The van der Waals surface area contributed by atoms with Crippen molar-refractivity contribution in [3.05, 3.63) is 64.7 Å². The number of hydrogen-bond donors (Lipinski definition) is 1. The standard InChI is InChI=1S/C17H19ClO/c1-2-3-4-17(13-5-9-15(18)10-6-13)14-7-11-16(19)12-8-14/h5-12,17,19H,2-4H2,1H3. The van der Waals surface area contributed by atoms with Crippen LogP contribution in [0.2, 0.25) is 5.02 Å². The summed E-state index contributed by atoms with van der Waals surface area (Å²) in [4.78, 5) is 0. The summed E-state index contributed by atoms with van der Waals surface area (Å²) in [7, 11) is 0. The highest BCUT2D eigenvalue weighted by Crippen LogP contribution is 2.31. The molecule has 0 amide bonds. The van der Waals surface area contributed by atoms with Crippen LogP contribution in [0, 0.1) is 0 Å². The molecule has 19 heavy (non-hydrogen) atoms. The van der Waals surface area contributed by atoms with Crippen molar-refractivity contribution in [2.75, 3.05) is 0 Å². The zero-order valence-electron chi connectivity index (χ0n) is 11.1. The van der Waals surface area contributed by atoms with E-state index in [-0.39, 0.29) is 0 Å². The van der Waals surface area contributed by atoms with Crippen molar-refractivity contribution >= 4 is 11.6 Å². The van der Waals surface area contributed by atoms with E-state index in [1.165, 1.54) is 24.0 Å². The predicted octanol–water partition coefficient (Wildman–Crippen LogP) is 5.37. The first-order chi connectivity index (χ1) is 9.20. The lowest BCUT2D eigenvalue weighted by Crippen LogP contribution is -2.01. The molecule has 2 heteroatoms. The van der Waals surface area contributed by atoms with Crippen molar-refractivity contribution in [2.45, 2.75) is 32.1 Å². The second-order valence-corrected chi connectivity index (χ2v) is 5.27. The Hall–Kier alpha value is -1.47. The molecule has 0 spiro atoms. The third-order valence-electron chi connectivity index (χ3n) is 3.41. The van der Waals surface area contributed by atoms with Gasteiger partial charge in [0.05, 0.1) is 0 Å². The van der Waals surface area contributed by atoms with Gasteiger partial charge in [0, 0.05) is 10.9 Å². The average molecular weight is 275 g/mol. The minimum Gasteiger partial charge on any atom is -0.508 e. The van der Waals surface area contributed by atoms with Gasteiger partial charge in [0.1, 0.15) is 5.75 Å². The number of aromatic hydroxyl groups is 1. The number of benzene rings is 2. The Kier molecular flexibility index (Phi) is 4.86. The van der Waals surface area contributed by atoms with E-state index in [9.17, 15) is 5.11 Å². The number of rotatable bonds is 5. The monoisotopic (exact) mass is 274 g/mol. The number of halogens is 1. The van der Waals surface area contributed by atoms with E-state index >= 15 is 0 Å². The minimum absolute atomic E-state index is 0.314. The van der Waals surface area contributed by atoms with Crippen molar-refractivity contribution in [2.24, 2.45) is 0 Å². The van der Waals surface area contributed by atoms with E-state index in [4.69, 9.17) is 11.6 Å². The van der Waals surface area contributed by atoms with Gasteiger partial charge in [0.2, 0.25) is 0 Å². The molecule has 0 saturated carbocycles. The summed E-state index contributed by atoms with van der Waals surface area (Å²) in [5.41, 5.74) is 2.53. The highest BCUT2D eigenvalue weighted by atomic mass is 35.5. The predicted molar refractivity (Wildman–Crippen MR) is 80.9 cm³/mol. The van der Waals surface area contributed by atoms with E-state index in [2.05, 4.69) is 19.1 Å². The molecule has 0 heterocycles. The Balaban J connectivity index is 2.29. The van der Waals surface area contributed by atoms with Gasteiger partial charge in [-0.1, -0.05) is 55.6 Å². The molecule has 1 nitrogen and oxygen atoms in total. The topological polar surface area (TPSA) is 20.2 Å². The SMILES string of the molecule is CCCCC(c1ccc(O)cc1)c1ccc(Cl)cc1. The van der Waals surface area contributed by atoms with Gasteiger partial charge in [-0.25, -0.2) is 0 Å². The first-order valence-corrected chi connectivity index (χ1v) is 7.13. The quantitative estimate of drug-likeness (QED) is 0.777. The van der Waals surface area contributed by atoms with Gasteiger partial charge in [0.15, 0.2) is 0 Å². The fraction of sp³-hybridized carbons (Fsp3) is 0.294. The Morgan fingerprint density at radius 3 is 2.00 bits per heavy atom. The van der Waals surface area contributed by atoms with Gasteiger partial charge in [-0.15, -0.1) is 0 Å². The van der Waals surface area contributed by atoms with Gasteiger partial charge in [-0.05, 0) is 41.8 Å². The molecule has 0 aliphatic carbocycles. The van der Waals surface area contributed by atoms with Crippen LogP contribution in [0.5, 0.6) is 5.75 Å². The summed E-state index contributed by atoms with van der Waals surface area (Å²) in [5, 5.41) is 10.2. The van der Waals surface area contributed by atoms with Crippen molar-refractivity contribution in [3.8, 4) is 5.75 Å². The molecule has 0 aromatic heterocycles. The van der Waals surface area contributed by atoms with E-state index < -0.39 is 0 Å². The summed E-state index contributed by atoms with van der Waals surface area (Å²) in [6.45, 7) is 2.20. The molecule has 2 aromatic carbocycles. The maximum absolute atomic E-state index is 9.40. The van der Waals surface area contributed by atoms with Crippen molar-refractivity contribution < 1.29 is 5.11 Å². The molecule has 1 unspecified atom stereocenters. The third kappa shape index (κ3) is 3.74. The zero-order valence-corrected chi connectivity index (χ0v) is 11.9. The van der Waals surface area contributed by atoms with Crippen LogP contribution in [0.3, 0.4) is 0 Å². The molecule has 0 saturated heterocycles. The number of phenolic OH excluding ortho intramolecular Hbond substituents is 1. The van der Waals surface area contributed by atoms with Crippen LogP contribution in [-0.2, 0) is 0 Å². The molecule has 2 rings (SSSR count). The lowest BCUT2D eigenvalue weighted by atomic mass is 9.87.